The predicted octanol–water partition coefficient (Wildman–Crippen LogP) is 4.53. The summed E-state index contributed by atoms with van der Waals surface area (Å²) < 4.78 is 5.33. The van der Waals surface area contributed by atoms with E-state index in [4.69, 9.17) is 4.74 Å². The van der Waals surface area contributed by atoms with Gasteiger partial charge in [0.25, 0.3) is 0 Å². The number of carbonyl (C=O) groups is 2. The fraction of sp³-hybridized carbons (Fsp3) is 0.469. The molecule has 2 atom stereocenters. The number of hydrogen-bond acceptors (Lipinski definition) is 5. The molecule has 2 amide bonds. The van der Waals surface area contributed by atoms with Gasteiger partial charge < -0.3 is 15.0 Å². The Morgan fingerprint density at radius 1 is 1.02 bits per heavy atom. The van der Waals surface area contributed by atoms with Crippen molar-refractivity contribution in [3.05, 3.63) is 82.7 Å². The van der Waals surface area contributed by atoms with Crippen molar-refractivity contribution in [2.45, 2.75) is 71.1 Å². The van der Waals surface area contributed by atoms with E-state index >= 15 is 0 Å². The summed E-state index contributed by atoms with van der Waals surface area (Å²) >= 11 is 0. The highest BCUT2D eigenvalue weighted by Gasteiger charge is 2.54. The molecule has 8 nitrogen and oxygen atoms in total. The van der Waals surface area contributed by atoms with E-state index < -0.39 is 11.6 Å². The molecule has 0 saturated carbocycles. The second-order valence-corrected chi connectivity index (χ2v) is 11.7. The second-order valence-electron chi connectivity index (χ2n) is 11.7. The third-order valence-electron chi connectivity index (χ3n) is 8.58. The minimum atomic E-state index is -0.886. The summed E-state index contributed by atoms with van der Waals surface area (Å²) in [7, 11) is 1.64. The molecule has 3 heterocycles. The number of methoxy groups -OCH3 is 1. The zero-order valence-corrected chi connectivity index (χ0v) is 24.2. The Hall–Kier alpha value is -3.65. The van der Waals surface area contributed by atoms with E-state index in [2.05, 4.69) is 65.5 Å². The minimum Gasteiger partial charge on any atom is -0.497 e. The summed E-state index contributed by atoms with van der Waals surface area (Å²) in [5, 5.41) is 10.8. The van der Waals surface area contributed by atoms with E-state index in [1.54, 1.807) is 7.11 Å². The van der Waals surface area contributed by atoms with Gasteiger partial charge in [-0.3, -0.25) is 19.6 Å². The van der Waals surface area contributed by atoms with Crippen LogP contribution in [0.2, 0.25) is 0 Å². The van der Waals surface area contributed by atoms with Gasteiger partial charge in [-0.15, -0.1) is 0 Å². The molecule has 0 radical (unpaired) electrons. The maximum absolute atomic E-state index is 14.0. The number of nitrogens with one attached hydrogen (secondary N) is 2. The van der Waals surface area contributed by atoms with Crippen LogP contribution in [0, 0.1) is 19.8 Å². The number of aryl methyl sites for hydroxylation is 2. The van der Waals surface area contributed by atoms with Gasteiger partial charge in [0.1, 0.15) is 17.3 Å². The lowest BCUT2D eigenvalue weighted by molar-refractivity contribution is -0.163. The molecular weight excluding hydrogens is 502 g/mol. The third-order valence-corrected chi connectivity index (χ3v) is 8.58. The summed E-state index contributed by atoms with van der Waals surface area (Å²) in [6.45, 7) is 10.0. The number of rotatable bonds is 8. The molecule has 1 spiro atoms. The van der Waals surface area contributed by atoms with Gasteiger partial charge in [-0.2, -0.15) is 5.10 Å². The number of aromatic nitrogens is 2. The molecule has 1 aromatic heterocycles. The van der Waals surface area contributed by atoms with Crippen LogP contribution < -0.4 is 10.1 Å². The maximum atomic E-state index is 14.0. The molecule has 2 saturated heterocycles. The van der Waals surface area contributed by atoms with Crippen molar-refractivity contribution in [3.8, 4) is 5.75 Å². The highest BCUT2D eigenvalue weighted by atomic mass is 16.5. The first-order valence-electron chi connectivity index (χ1n) is 14.3. The average Bonchev–Trinajstić information content (AvgIpc) is 3.29. The van der Waals surface area contributed by atoms with Crippen molar-refractivity contribution in [2.75, 3.05) is 20.2 Å². The molecule has 212 valence electrons. The lowest BCUT2D eigenvalue weighted by atomic mass is 9.79. The summed E-state index contributed by atoms with van der Waals surface area (Å²) in [5.74, 6) is 1.04. The van der Waals surface area contributed by atoms with Gasteiger partial charge in [-0.05, 0) is 62.3 Å². The number of carbonyl (C=O) groups excluding carboxylic acids is 2. The molecule has 5 rings (SSSR count). The molecule has 3 aromatic rings. The molecule has 2 aliphatic rings. The van der Waals surface area contributed by atoms with Crippen molar-refractivity contribution < 1.29 is 14.3 Å². The lowest BCUT2D eigenvalue weighted by Gasteiger charge is -2.52. The molecule has 0 aliphatic carbocycles. The summed E-state index contributed by atoms with van der Waals surface area (Å²) in [5.41, 5.74) is 4.51. The lowest BCUT2D eigenvalue weighted by Crippen LogP contribution is -2.72. The molecular formula is C32H41N5O3. The monoisotopic (exact) mass is 543 g/mol. The topological polar surface area (TPSA) is 90.6 Å². The van der Waals surface area contributed by atoms with Crippen LogP contribution in [0.1, 0.15) is 67.2 Å². The van der Waals surface area contributed by atoms with E-state index in [0.29, 0.717) is 44.8 Å². The highest BCUT2D eigenvalue weighted by Crippen LogP contribution is 2.40. The van der Waals surface area contributed by atoms with Crippen LogP contribution in [0.5, 0.6) is 5.75 Å². The molecule has 2 N–H and O–H groups in total. The van der Waals surface area contributed by atoms with Crippen LogP contribution in [-0.4, -0.2) is 63.6 Å². The zero-order valence-electron chi connectivity index (χ0n) is 24.2. The highest BCUT2D eigenvalue weighted by molar-refractivity contribution is 6.00. The predicted molar refractivity (Wildman–Crippen MR) is 155 cm³/mol. The molecule has 0 bridgehead atoms. The fourth-order valence-electron chi connectivity index (χ4n) is 6.46. The normalized spacial score (nSPS) is 20.1. The van der Waals surface area contributed by atoms with Crippen LogP contribution in [-0.2, 0) is 16.1 Å². The number of aromatic amines is 1. The SMILES string of the molecule is COc1ccc(CN2C(=O)C(CC(C)C)NC(=O)C23CCN(C(c2ccccc2)c2c(C)n[nH]c2C)CC3)cc1. The van der Waals surface area contributed by atoms with E-state index in [1.807, 2.05) is 42.2 Å². The van der Waals surface area contributed by atoms with Crippen molar-refractivity contribution in [1.82, 2.24) is 25.3 Å². The Morgan fingerprint density at radius 2 is 1.70 bits per heavy atom. The summed E-state index contributed by atoms with van der Waals surface area (Å²) in [6.07, 6.45) is 1.75. The summed E-state index contributed by atoms with van der Waals surface area (Å²) in [4.78, 5) is 32.2. The van der Waals surface area contributed by atoms with Crippen LogP contribution in [0.25, 0.3) is 0 Å². The van der Waals surface area contributed by atoms with Crippen LogP contribution >= 0.6 is 0 Å². The number of piperazine rings is 1. The molecule has 40 heavy (non-hydrogen) atoms. The fourth-order valence-corrected chi connectivity index (χ4v) is 6.46. The number of ether oxygens (including phenoxy) is 1. The van der Waals surface area contributed by atoms with E-state index in [-0.39, 0.29) is 17.9 Å². The number of piperidine rings is 1. The first-order chi connectivity index (χ1) is 19.2. The summed E-state index contributed by atoms with van der Waals surface area (Å²) in [6, 6.07) is 17.8. The largest absolute Gasteiger partial charge is 0.497 e. The molecule has 8 heteroatoms. The van der Waals surface area contributed by atoms with E-state index in [9.17, 15) is 9.59 Å². The number of amides is 2. The van der Waals surface area contributed by atoms with Crippen LogP contribution in [0.15, 0.2) is 54.6 Å². The Balaban J connectivity index is 1.46. The molecule has 2 fully saturated rings. The first kappa shape index (κ1) is 27.9. The van der Waals surface area contributed by atoms with Crippen molar-refractivity contribution >= 4 is 11.8 Å². The zero-order chi connectivity index (χ0) is 28.4. The van der Waals surface area contributed by atoms with Gasteiger partial charge in [-0.25, -0.2) is 0 Å². The molecule has 2 unspecified atom stereocenters. The maximum Gasteiger partial charge on any atom is 0.246 e. The van der Waals surface area contributed by atoms with Crippen molar-refractivity contribution in [3.63, 3.8) is 0 Å². The average molecular weight is 544 g/mol. The van der Waals surface area contributed by atoms with E-state index in [0.717, 1.165) is 22.7 Å². The molecule has 2 aliphatic heterocycles. The van der Waals surface area contributed by atoms with Gasteiger partial charge in [0, 0.05) is 30.9 Å². The van der Waals surface area contributed by atoms with Gasteiger partial charge in [0.05, 0.1) is 18.8 Å². The van der Waals surface area contributed by atoms with Crippen LogP contribution in [0.3, 0.4) is 0 Å². The molecule has 2 aromatic carbocycles. The number of benzene rings is 2. The Bertz CT molecular complexity index is 1310. The standard InChI is InChI=1S/C32H41N5O3/c1-21(2)19-27-30(38)37(20-24-11-13-26(40-5)14-12-24)32(31(39)33-27)15-17-36(18-16-32)29(25-9-7-6-8-10-25)28-22(3)34-35-23(28)4/h6-14,21,27,29H,15-20H2,1-5H3,(H,33,39)(H,34,35). The van der Waals surface area contributed by atoms with Crippen molar-refractivity contribution in [1.29, 1.82) is 0 Å². The van der Waals surface area contributed by atoms with Gasteiger partial charge in [0.15, 0.2) is 0 Å². The minimum absolute atomic E-state index is 0.0127. The van der Waals surface area contributed by atoms with Crippen LogP contribution in [0.4, 0.5) is 0 Å². The Morgan fingerprint density at radius 3 is 2.27 bits per heavy atom. The number of H-pyrrole nitrogens is 1. The Kier molecular flexibility index (Phi) is 7.99. The number of likely N-dealkylation sites (tertiary alicyclic amines) is 1. The smallest absolute Gasteiger partial charge is 0.246 e. The van der Waals surface area contributed by atoms with Crippen molar-refractivity contribution in [2.24, 2.45) is 5.92 Å². The van der Waals surface area contributed by atoms with E-state index in [1.165, 1.54) is 11.1 Å². The first-order valence-corrected chi connectivity index (χ1v) is 14.3. The van der Waals surface area contributed by atoms with Gasteiger partial charge >= 0.3 is 0 Å². The number of nitrogens with zero attached hydrogens (tertiary/aromatic N) is 3. The quantitative estimate of drug-likeness (QED) is 0.436. The number of hydrogen-bond donors (Lipinski definition) is 2. The second kappa shape index (κ2) is 11.5. The van der Waals surface area contributed by atoms with Gasteiger partial charge in [0.2, 0.25) is 11.8 Å². The Labute approximate surface area is 237 Å². The third kappa shape index (κ3) is 5.24. The van der Waals surface area contributed by atoms with Gasteiger partial charge in [-0.1, -0.05) is 56.3 Å².